The third kappa shape index (κ3) is 5.45. The lowest BCUT2D eigenvalue weighted by molar-refractivity contribution is 0.00675. The van der Waals surface area contributed by atoms with Gasteiger partial charge < -0.3 is 14.5 Å². The van der Waals surface area contributed by atoms with E-state index in [9.17, 15) is 14.4 Å². The first-order chi connectivity index (χ1) is 13.1. The minimum absolute atomic E-state index is 0.00847. The van der Waals surface area contributed by atoms with Crippen molar-refractivity contribution in [2.75, 3.05) is 6.61 Å². The Morgan fingerprint density at radius 1 is 1.14 bits per heavy atom. The van der Waals surface area contributed by atoms with E-state index >= 15 is 0 Å². The van der Waals surface area contributed by atoms with E-state index in [-0.39, 0.29) is 23.6 Å². The molecule has 0 amide bonds. The summed E-state index contributed by atoms with van der Waals surface area (Å²) in [6.45, 7) is 8.89. The highest BCUT2D eigenvalue weighted by Crippen LogP contribution is 2.28. The van der Waals surface area contributed by atoms with Crippen LogP contribution in [0.25, 0.3) is 0 Å². The lowest BCUT2D eigenvalue weighted by Gasteiger charge is -2.19. The van der Waals surface area contributed by atoms with Gasteiger partial charge in [0.15, 0.2) is 0 Å². The molecule has 0 atom stereocenters. The van der Waals surface area contributed by atoms with Crippen molar-refractivity contribution in [1.82, 2.24) is 9.97 Å². The second-order valence-electron chi connectivity index (χ2n) is 7.07. The van der Waals surface area contributed by atoms with Gasteiger partial charge in [0.2, 0.25) is 5.12 Å². The number of esters is 2. The predicted molar refractivity (Wildman–Crippen MR) is 106 cm³/mol. The van der Waals surface area contributed by atoms with Gasteiger partial charge in [0.25, 0.3) is 0 Å². The van der Waals surface area contributed by atoms with E-state index in [1.165, 1.54) is 0 Å². The van der Waals surface area contributed by atoms with E-state index in [2.05, 4.69) is 9.97 Å². The molecule has 2 aromatic rings. The van der Waals surface area contributed by atoms with Crippen LogP contribution < -0.4 is 0 Å². The summed E-state index contributed by atoms with van der Waals surface area (Å²) in [6.07, 6.45) is 2.23. The number of nitrogens with zero attached hydrogens (tertiary/aromatic N) is 1. The Balaban J connectivity index is 2.44. The number of carbonyl (C=O) groups is 3. The first kappa shape index (κ1) is 21.7. The van der Waals surface area contributed by atoms with Crippen LogP contribution in [0.4, 0.5) is 0 Å². The standard InChI is InChI=1S/C20H24N2O5S/c1-6-11-26-18(24)15-12(2)14(17(23)27-20(3,4)5)16(22-15)19(25)28-13-9-7-8-10-21-13/h7-10,22H,6,11H2,1-5H3. The average Bonchev–Trinajstić information content (AvgIpc) is 2.96. The quantitative estimate of drug-likeness (QED) is 0.570. The summed E-state index contributed by atoms with van der Waals surface area (Å²) < 4.78 is 10.6. The molecule has 150 valence electrons. The fourth-order valence-corrected chi connectivity index (χ4v) is 3.06. The van der Waals surface area contributed by atoms with Crippen LogP contribution in [0.1, 0.15) is 71.0 Å². The topological polar surface area (TPSA) is 98.4 Å². The lowest BCUT2D eigenvalue weighted by atomic mass is 10.1. The van der Waals surface area contributed by atoms with E-state index in [1.54, 1.807) is 52.1 Å². The Morgan fingerprint density at radius 2 is 1.86 bits per heavy atom. The van der Waals surface area contributed by atoms with Crippen molar-refractivity contribution < 1.29 is 23.9 Å². The maximum absolute atomic E-state index is 12.8. The lowest BCUT2D eigenvalue weighted by Crippen LogP contribution is -2.25. The van der Waals surface area contributed by atoms with Crippen LogP contribution in [-0.4, -0.2) is 39.2 Å². The molecule has 2 heterocycles. The number of nitrogens with one attached hydrogen (secondary N) is 1. The summed E-state index contributed by atoms with van der Waals surface area (Å²) >= 11 is 0.857. The van der Waals surface area contributed by atoms with Gasteiger partial charge in [-0.05, 0) is 63.6 Å². The monoisotopic (exact) mass is 404 g/mol. The molecule has 1 N–H and O–H groups in total. The van der Waals surface area contributed by atoms with Gasteiger partial charge in [-0.2, -0.15) is 0 Å². The van der Waals surface area contributed by atoms with E-state index in [1.807, 2.05) is 6.92 Å². The smallest absolute Gasteiger partial charge is 0.355 e. The molecule has 0 spiro atoms. The summed E-state index contributed by atoms with van der Waals surface area (Å²) in [7, 11) is 0. The summed E-state index contributed by atoms with van der Waals surface area (Å²) in [6, 6.07) is 5.17. The summed E-state index contributed by atoms with van der Waals surface area (Å²) in [5, 5.41) is 0.0298. The van der Waals surface area contributed by atoms with Gasteiger partial charge in [-0.3, -0.25) is 4.79 Å². The molecule has 28 heavy (non-hydrogen) atoms. The van der Waals surface area contributed by atoms with Crippen molar-refractivity contribution in [3.8, 4) is 0 Å². The number of rotatable bonds is 6. The zero-order valence-corrected chi connectivity index (χ0v) is 17.4. The van der Waals surface area contributed by atoms with Crippen LogP contribution in [0.2, 0.25) is 0 Å². The Kier molecular flexibility index (Phi) is 7.01. The highest BCUT2D eigenvalue weighted by atomic mass is 32.2. The highest BCUT2D eigenvalue weighted by Gasteiger charge is 2.31. The third-order valence-electron chi connectivity index (χ3n) is 3.53. The first-order valence-corrected chi connectivity index (χ1v) is 9.72. The maximum atomic E-state index is 12.8. The van der Waals surface area contributed by atoms with Crippen molar-refractivity contribution in [2.24, 2.45) is 0 Å². The number of aromatic amines is 1. The summed E-state index contributed by atoms with van der Waals surface area (Å²) in [5.41, 5.74) is -0.338. The van der Waals surface area contributed by atoms with E-state index < -0.39 is 22.7 Å². The first-order valence-electron chi connectivity index (χ1n) is 8.90. The molecule has 0 saturated heterocycles. The Labute approximate surface area is 168 Å². The SMILES string of the molecule is CCCOC(=O)c1[nH]c(C(=O)Sc2ccccn2)c(C(=O)OC(C)(C)C)c1C. The molecule has 0 aliphatic carbocycles. The molecular weight excluding hydrogens is 380 g/mol. The second-order valence-corrected chi connectivity index (χ2v) is 8.06. The van der Waals surface area contributed by atoms with Crippen LogP contribution in [0.15, 0.2) is 29.4 Å². The minimum Gasteiger partial charge on any atom is -0.461 e. The number of pyridine rings is 1. The molecule has 0 fully saturated rings. The number of thioether (sulfide) groups is 1. The Morgan fingerprint density at radius 3 is 2.43 bits per heavy atom. The van der Waals surface area contributed by atoms with Gasteiger partial charge >= 0.3 is 11.9 Å². The van der Waals surface area contributed by atoms with Crippen LogP contribution in [0.5, 0.6) is 0 Å². The van der Waals surface area contributed by atoms with E-state index in [0.717, 1.165) is 11.8 Å². The van der Waals surface area contributed by atoms with Gasteiger partial charge in [-0.15, -0.1) is 0 Å². The van der Waals surface area contributed by atoms with E-state index in [4.69, 9.17) is 9.47 Å². The number of hydrogen-bond acceptors (Lipinski definition) is 7. The van der Waals surface area contributed by atoms with Crippen molar-refractivity contribution >= 4 is 28.8 Å². The zero-order valence-electron chi connectivity index (χ0n) is 16.6. The molecule has 0 radical (unpaired) electrons. The number of aromatic nitrogens is 2. The summed E-state index contributed by atoms with van der Waals surface area (Å²) in [5.74, 6) is -1.30. The molecule has 0 unspecified atom stereocenters. The second kappa shape index (κ2) is 9.05. The Bertz CT molecular complexity index is 869. The van der Waals surface area contributed by atoms with Crippen LogP contribution in [-0.2, 0) is 9.47 Å². The van der Waals surface area contributed by atoms with Gasteiger partial charge in [0.05, 0.1) is 12.2 Å². The molecule has 7 nitrogen and oxygen atoms in total. The van der Waals surface area contributed by atoms with Crippen LogP contribution in [0.3, 0.4) is 0 Å². The molecule has 0 bridgehead atoms. The minimum atomic E-state index is -0.752. The van der Waals surface area contributed by atoms with Crippen LogP contribution in [0, 0.1) is 6.92 Å². The fourth-order valence-electron chi connectivity index (χ4n) is 2.36. The van der Waals surface area contributed by atoms with Gasteiger partial charge in [0, 0.05) is 6.20 Å². The zero-order chi connectivity index (χ0) is 20.9. The molecule has 2 aromatic heterocycles. The average molecular weight is 404 g/mol. The van der Waals surface area contributed by atoms with Crippen molar-refractivity contribution in [2.45, 2.75) is 51.7 Å². The van der Waals surface area contributed by atoms with Gasteiger partial charge in [0.1, 0.15) is 22.0 Å². The van der Waals surface area contributed by atoms with E-state index in [0.29, 0.717) is 17.0 Å². The maximum Gasteiger partial charge on any atom is 0.355 e. The van der Waals surface area contributed by atoms with Crippen molar-refractivity contribution in [3.05, 3.63) is 46.9 Å². The molecule has 0 aliphatic rings. The molecule has 0 saturated carbocycles. The fraction of sp³-hybridized carbons (Fsp3) is 0.400. The van der Waals surface area contributed by atoms with Gasteiger partial charge in [-0.25, -0.2) is 14.6 Å². The predicted octanol–water partition coefficient (Wildman–Crippen LogP) is 4.17. The molecule has 0 aliphatic heterocycles. The number of carbonyl (C=O) groups excluding carboxylic acids is 3. The molecule has 2 rings (SSSR count). The largest absolute Gasteiger partial charge is 0.461 e. The molecular formula is C20H24N2O5S. The van der Waals surface area contributed by atoms with Gasteiger partial charge in [-0.1, -0.05) is 13.0 Å². The third-order valence-corrected chi connectivity index (χ3v) is 4.37. The van der Waals surface area contributed by atoms with Crippen molar-refractivity contribution in [3.63, 3.8) is 0 Å². The number of H-pyrrole nitrogens is 1. The molecule has 8 heteroatoms. The number of ether oxygens (including phenoxy) is 2. The highest BCUT2D eigenvalue weighted by molar-refractivity contribution is 8.14. The van der Waals surface area contributed by atoms with Crippen molar-refractivity contribution in [1.29, 1.82) is 0 Å². The Hall–Kier alpha value is -2.61. The molecule has 0 aromatic carbocycles. The van der Waals surface area contributed by atoms with Crippen LogP contribution >= 0.6 is 11.8 Å². The number of hydrogen-bond donors (Lipinski definition) is 1. The summed E-state index contributed by atoms with van der Waals surface area (Å²) in [4.78, 5) is 44.8. The normalized spacial score (nSPS) is 11.2.